The second kappa shape index (κ2) is 8.89. The quantitative estimate of drug-likeness (QED) is 0.606. The zero-order chi connectivity index (χ0) is 17.5. The number of thiazole rings is 1. The van der Waals surface area contributed by atoms with Crippen LogP contribution in [0.2, 0.25) is 5.02 Å². The van der Waals surface area contributed by atoms with E-state index in [0.29, 0.717) is 18.1 Å². The first kappa shape index (κ1) is 18.5. The molecule has 1 heterocycles. The van der Waals surface area contributed by atoms with Crippen LogP contribution in [0.5, 0.6) is 5.75 Å². The third kappa shape index (κ3) is 5.69. The number of halogens is 1. The molecule has 1 atom stereocenters. The highest BCUT2D eigenvalue weighted by Crippen LogP contribution is 2.18. The van der Waals surface area contributed by atoms with E-state index in [4.69, 9.17) is 16.3 Å². The number of ether oxygens (including phenoxy) is 1. The summed E-state index contributed by atoms with van der Waals surface area (Å²) in [6.45, 7) is 7.38. The minimum atomic E-state index is -0.0191. The van der Waals surface area contributed by atoms with Crippen molar-refractivity contribution in [3.05, 3.63) is 44.9 Å². The number of aliphatic imine (C=N–C) groups is 1. The maximum Gasteiger partial charge on any atom is 0.191 e. The zero-order valence-electron chi connectivity index (χ0n) is 14.4. The molecule has 1 unspecified atom stereocenters. The van der Waals surface area contributed by atoms with E-state index in [0.717, 1.165) is 22.4 Å². The van der Waals surface area contributed by atoms with E-state index in [2.05, 4.69) is 20.6 Å². The van der Waals surface area contributed by atoms with Gasteiger partial charge in [-0.2, -0.15) is 0 Å². The minimum absolute atomic E-state index is 0.0191. The Balaban J connectivity index is 1.79. The number of aryl methyl sites for hydroxylation is 2. The molecule has 2 rings (SSSR count). The molecule has 130 valence electrons. The number of benzene rings is 1. The lowest BCUT2D eigenvalue weighted by atomic mass is 10.3. The maximum atomic E-state index is 5.96. The number of rotatable bonds is 6. The van der Waals surface area contributed by atoms with Gasteiger partial charge < -0.3 is 15.4 Å². The summed E-state index contributed by atoms with van der Waals surface area (Å²) in [5, 5.41) is 8.31. The van der Waals surface area contributed by atoms with Crippen molar-refractivity contribution in [2.75, 3.05) is 13.6 Å². The van der Waals surface area contributed by atoms with Crippen molar-refractivity contribution in [2.24, 2.45) is 4.99 Å². The lowest BCUT2D eigenvalue weighted by Crippen LogP contribution is -2.41. The van der Waals surface area contributed by atoms with Crippen molar-refractivity contribution >= 4 is 28.9 Å². The van der Waals surface area contributed by atoms with Crippen LogP contribution in [0.25, 0.3) is 0 Å². The molecule has 0 radical (unpaired) electrons. The first-order chi connectivity index (χ1) is 11.5. The molecule has 2 aromatic rings. The molecule has 0 saturated carbocycles. The molecule has 5 nitrogen and oxygen atoms in total. The van der Waals surface area contributed by atoms with Crippen LogP contribution >= 0.6 is 22.9 Å². The summed E-state index contributed by atoms with van der Waals surface area (Å²) < 4.78 is 5.84. The predicted octanol–water partition coefficient (Wildman–Crippen LogP) is 3.55. The Kier molecular flexibility index (Phi) is 6.87. The summed E-state index contributed by atoms with van der Waals surface area (Å²) in [5.41, 5.74) is 1.07. The summed E-state index contributed by atoms with van der Waals surface area (Å²) in [4.78, 5) is 9.89. The van der Waals surface area contributed by atoms with E-state index in [9.17, 15) is 0 Å². The average molecular weight is 367 g/mol. The van der Waals surface area contributed by atoms with Crippen LogP contribution in [-0.4, -0.2) is 30.6 Å². The summed E-state index contributed by atoms with van der Waals surface area (Å²) in [6, 6.07) is 7.40. The molecule has 0 aliphatic heterocycles. The first-order valence-corrected chi connectivity index (χ1v) is 8.97. The summed E-state index contributed by atoms with van der Waals surface area (Å²) in [5.74, 6) is 1.50. The van der Waals surface area contributed by atoms with Gasteiger partial charge in [0.2, 0.25) is 0 Å². The number of nitrogens with one attached hydrogen (secondary N) is 2. The maximum absolute atomic E-state index is 5.96. The molecule has 0 amide bonds. The molecule has 0 saturated heterocycles. The predicted molar refractivity (Wildman–Crippen MR) is 101 cm³/mol. The third-order valence-electron chi connectivity index (χ3n) is 3.33. The van der Waals surface area contributed by atoms with Gasteiger partial charge >= 0.3 is 0 Å². The highest BCUT2D eigenvalue weighted by atomic mass is 35.5. The zero-order valence-corrected chi connectivity index (χ0v) is 16.0. The van der Waals surface area contributed by atoms with E-state index < -0.39 is 0 Å². The van der Waals surface area contributed by atoms with E-state index in [1.54, 1.807) is 24.5 Å². The Morgan fingerprint density at radius 2 is 2.17 bits per heavy atom. The first-order valence-electron chi connectivity index (χ1n) is 7.77. The van der Waals surface area contributed by atoms with E-state index in [-0.39, 0.29) is 6.10 Å². The molecule has 0 aliphatic rings. The van der Waals surface area contributed by atoms with Crippen molar-refractivity contribution in [3.8, 4) is 5.75 Å². The fraction of sp³-hybridized carbons (Fsp3) is 0.412. The topological polar surface area (TPSA) is 58.5 Å². The van der Waals surface area contributed by atoms with Crippen molar-refractivity contribution in [1.82, 2.24) is 15.6 Å². The highest BCUT2D eigenvalue weighted by molar-refractivity contribution is 7.11. The van der Waals surface area contributed by atoms with Gasteiger partial charge in [0.05, 0.1) is 23.8 Å². The highest BCUT2D eigenvalue weighted by Gasteiger charge is 2.08. The normalized spacial score (nSPS) is 12.8. The Labute approximate surface area is 152 Å². The summed E-state index contributed by atoms with van der Waals surface area (Å²) >= 11 is 7.66. The molecule has 1 aromatic carbocycles. The molecule has 0 bridgehead atoms. The van der Waals surface area contributed by atoms with Gasteiger partial charge in [0.15, 0.2) is 5.96 Å². The SMILES string of the molecule is CN=C(NCc1sc(C)nc1C)NCC(C)Oc1cccc(Cl)c1. The molecule has 2 N–H and O–H groups in total. The van der Waals surface area contributed by atoms with Crippen LogP contribution < -0.4 is 15.4 Å². The fourth-order valence-electron chi connectivity index (χ4n) is 2.18. The van der Waals surface area contributed by atoms with Crippen molar-refractivity contribution < 1.29 is 4.74 Å². The van der Waals surface area contributed by atoms with Crippen molar-refractivity contribution in [2.45, 2.75) is 33.4 Å². The molecule has 0 aliphatic carbocycles. The standard InChI is InChI=1S/C17H23ClN4OS/c1-11(23-15-7-5-6-14(18)8-15)9-20-17(19-4)21-10-16-12(2)22-13(3)24-16/h5-8,11H,9-10H2,1-4H3,(H2,19,20,21). The monoisotopic (exact) mass is 366 g/mol. The van der Waals surface area contributed by atoms with Crippen LogP contribution in [-0.2, 0) is 6.54 Å². The number of guanidine groups is 1. The van der Waals surface area contributed by atoms with Gasteiger partial charge in [-0.05, 0) is 39.0 Å². The molecular formula is C17H23ClN4OS. The lowest BCUT2D eigenvalue weighted by molar-refractivity contribution is 0.224. The van der Waals surface area contributed by atoms with Gasteiger partial charge in [0.1, 0.15) is 11.9 Å². The van der Waals surface area contributed by atoms with Crippen molar-refractivity contribution in [1.29, 1.82) is 0 Å². The molecule has 24 heavy (non-hydrogen) atoms. The molecule has 0 spiro atoms. The minimum Gasteiger partial charge on any atom is -0.489 e. The Hall–Kier alpha value is -1.79. The third-order valence-corrected chi connectivity index (χ3v) is 4.64. The largest absolute Gasteiger partial charge is 0.489 e. The van der Waals surface area contributed by atoms with Gasteiger partial charge in [0.25, 0.3) is 0 Å². The van der Waals surface area contributed by atoms with Crippen LogP contribution in [0.15, 0.2) is 29.3 Å². The van der Waals surface area contributed by atoms with Crippen LogP contribution in [0.1, 0.15) is 22.5 Å². The number of nitrogens with zero attached hydrogens (tertiary/aromatic N) is 2. The smallest absolute Gasteiger partial charge is 0.191 e. The molecular weight excluding hydrogens is 344 g/mol. The number of hydrogen-bond donors (Lipinski definition) is 2. The fourth-order valence-corrected chi connectivity index (χ4v) is 3.23. The van der Waals surface area contributed by atoms with Crippen LogP contribution in [0.4, 0.5) is 0 Å². The average Bonchev–Trinajstić information content (AvgIpc) is 2.85. The Morgan fingerprint density at radius 3 is 2.79 bits per heavy atom. The lowest BCUT2D eigenvalue weighted by Gasteiger charge is -2.17. The number of hydrogen-bond acceptors (Lipinski definition) is 4. The van der Waals surface area contributed by atoms with E-state index in [1.165, 1.54) is 4.88 Å². The second-order valence-electron chi connectivity index (χ2n) is 5.43. The van der Waals surface area contributed by atoms with Crippen molar-refractivity contribution in [3.63, 3.8) is 0 Å². The van der Waals surface area contributed by atoms with E-state index in [1.807, 2.05) is 39.0 Å². The van der Waals surface area contributed by atoms with E-state index >= 15 is 0 Å². The molecule has 1 aromatic heterocycles. The molecule has 0 fully saturated rings. The molecule has 7 heteroatoms. The van der Waals surface area contributed by atoms with Crippen LogP contribution in [0.3, 0.4) is 0 Å². The van der Waals surface area contributed by atoms with Crippen LogP contribution in [0, 0.1) is 13.8 Å². The second-order valence-corrected chi connectivity index (χ2v) is 7.16. The Morgan fingerprint density at radius 1 is 1.38 bits per heavy atom. The summed E-state index contributed by atoms with van der Waals surface area (Å²) in [6.07, 6.45) is -0.0191. The Bertz CT molecular complexity index is 702. The summed E-state index contributed by atoms with van der Waals surface area (Å²) in [7, 11) is 1.75. The van der Waals surface area contributed by atoms with Gasteiger partial charge in [0, 0.05) is 16.9 Å². The van der Waals surface area contributed by atoms with Gasteiger partial charge in [-0.1, -0.05) is 17.7 Å². The number of aromatic nitrogens is 1. The van der Waals surface area contributed by atoms with Gasteiger partial charge in [-0.15, -0.1) is 11.3 Å². The van der Waals surface area contributed by atoms with Gasteiger partial charge in [-0.3, -0.25) is 4.99 Å². The van der Waals surface area contributed by atoms with Gasteiger partial charge in [-0.25, -0.2) is 4.98 Å².